The molecule has 0 unspecified atom stereocenters. The van der Waals surface area contributed by atoms with Crippen molar-refractivity contribution < 1.29 is 17.4 Å². The van der Waals surface area contributed by atoms with E-state index in [-0.39, 0.29) is 15.9 Å². The Kier molecular flexibility index (Phi) is 7.89. The average molecular weight is 613 g/mol. The van der Waals surface area contributed by atoms with Crippen LogP contribution in [-0.2, 0) is 22.6 Å². The second-order valence-corrected chi connectivity index (χ2v) is 29.9. The van der Waals surface area contributed by atoms with Gasteiger partial charge in [-0.2, -0.15) is 0 Å². The fourth-order valence-corrected chi connectivity index (χ4v) is 17.5. The van der Waals surface area contributed by atoms with Gasteiger partial charge >= 0.3 is 0 Å². The molecule has 0 aliphatic carbocycles. The molecular formula is C30H48O4Si5. The Labute approximate surface area is 244 Å². The summed E-state index contributed by atoms with van der Waals surface area (Å²) >= 11 is 0. The van der Waals surface area contributed by atoms with Crippen molar-refractivity contribution in [3.63, 3.8) is 0 Å². The molecule has 0 spiro atoms. The van der Waals surface area contributed by atoms with Crippen LogP contribution in [0.3, 0.4) is 0 Å². The maximum atomic E-state index is 7.52. The molecule has 0 aromatic heterocycles. The molecule has 0 bridgehead atoms. The molecule has 2 aromatic rings. The van der Waals surface area contributed by atoms with Crippen LogP contribution in [0.25, 0.3) is 0 Å². The van der Waals surface area contributed by atoms with Gasteiger partial charge in [-0.05, 0) is 62.3 Å². The second-order valence-electron chi connectivity index (χ2n) is 13.9. The van der Waals surface area contributed by atoms with Gasteiger partial charge in [0.25, 0.3) is 18.3 Å². The van der Waals surface area contributed by atoms with Crippen LogP contribution in [0, 0.1) is 0 Å². The Bertz CT molecular complexity index is 1220. The highest BCUT2D eigenvalue weighted by atomic mass is 28.4. The van der Waals surface area contributed by atoms with E-state index in [1.165, 1.54) is 21.5 Å². The van der Waals surface area contributed by atoms with Crippen molar-refractivity contribution in [2.24, 2.45) is 0 Å². The van der Waals surface area contributed by atoms with E-state index in [2.05, 4.69) is 135 Å². The Hall–Kier alpha value is -1.16. The van der Waals surface area contributed by atoms with Crippen LogP contribution in [0.5, 0.6) is 0 Å². The molecule has 4 rings (SSSR count). The fraction of sp³-hybridized carbons (Fsp3) is 0.467. The van der Waals surface area contributed by atoms with Crippen molar-refractivity contribution in [2.75, 3.05) is 0 Å². The number of hydrogen-bond acceptors (Lipinski definition) is 4. The SMILES string of the molecule is C=C[Si](C)(C)O[SiH2]OC(C)(C)C(C)(C)[SiH2]OC12c3ccccc3[Si]1(OC(C)(C)[Si](C)(C)C=C)c1ccccc12. The van der Waals surface area contributed by atoms with E-state index in [9.17, 15) is 0 Å². The molecular weight excluding hydrogens is 565 g/mol. The minimum atomic E-state index is -2.65. The average Bonchev–Trinajstić information content (AvgIpc) is 2.87. The van der Waals surface area contributed by atoms with Crippen LogP contribution >= 0.6 is 0 Å². The van der Waals surface area contributed by atoms with E-state index >= 15 is 0 Å². The van der Waals surface area contributed by atoms with Crippen molar-refractivity contribution in [1.29, 1.82) is 0 Å². The van der Waals surface area contributed by atoms with Gasteiger partial charge in [-0.15, -0.1) is 13.2 Å². The zero-order chi connectivity index (χ0) is 29.1. The lowest BCUT2D eigenvalue weighted by molar-refractivity contribution is 0.0398. The largest absolute Gasteiger partial charge is 0.437 e. The molecule has 39 heavy (non-hydrogen) atoms. The van der Waals surface area contributed by atoms with Crippen molar-refractivity contribution in [1.82, 2.24) is 0 Å². The monoisotopic (exact) mass is 612 g/mol. The standard InChI is InChI=1S/C30H48O4Si5/c1-13-37(9,10)29(7,8)33-39-25-21-17-15-19-23(25)30(39,24-20-16-18-22-26(24)39)32-35-28(5,6)27(3,4)31-36-34-38(11,12)14-2/h13-22H,1-2,35-36H2,3-12H3. The van der Waals surface area contributed by atoms with Gasteiger partial charge in [-0.3, -0.25) is 0 Å². The highest BCUT2D eigenvalue weighted by Gasteiger charge is 2.79. The van der Waals surface area contributed by atoms with E-state index in [1.807, 2.05) is 5.70 Å². The van der Waals surface area contributed by atoms with Crippen LogP contribution in [0.1, 0.15) is 52.7 Å². The highest BCUT2D eigenvalue weighted by molar-refractivity contribution is 7.08. The number of fused-ring (bicyclic) bond motifs is 7. The quantitative estimate of drug-likeness (QED) is 0.308. The molecule has 9 heteroatoms. The molecule has 0 fully saturated rings. The Morgan fingerprint density at radius 1 is 0.821 bits per heavy atom. The molecule has 0 radical (unpaired) electrons. The van der Waals surface area contributed by atoms with Gasteiger partial charge in [0.05, 0.1) is 5.60 Å². The van der Waals surface area contributed by atoms with E-state index in [0.717, 1.165) is 0 Å². The van der Waals surface area contributed by atoms with Crippen molar-refractivity contribution in [2.45, 2.75) is 88.8 Å². The van der Waals surface area contributed by atoms with Gasteiger partial charge in [0.2, 0.25) is 0 Å². The Balaban J connectivity index is 1.70. The smallest absolute Gasteiger partial charge is 0.296 e. The molecule has 2 aliphatic rings. The second kappa shape index (κ2) is 9.99. The summed E-state index contributed by atoms with van der Waals surface area (Å²) in [6.45, 7) is 30.7. The van der Waals surface area contributed by atoms with E-state index in [1.54, 1.807) is 0 Å². The summed E-state index contributed by atoms with van der Waals surface area (Å²) in [4.78, 5) is 0. The summed E-state index contributed by atoms with van der Waals surface area (Å²) in [5, 5.41) is 1.85. The van der Waals surface area contributed by atoms with Crippen molar-refractivity contribution >= 4 is 54.9 Å². The van der Waals surface area contributed by atoms with Crippen LogP contribution in [0.4, 0.5) is 0 Å². The Morgan fingerprint density at radius 3 is 1.82 bits per heavy atom. The first-order valence-corrected chi connectivity index (χ1v) is 24.4. The lowest BCUT2D eigenvalue weighted by Crippen LogP contribution is -2.93. The summed E-state index contributed by atoms with van der Waals surface area (Å²) in [5.74, 6) is 0. The number of hydrogen-bond donors (Lipinski definition) is 0. The summed E-state index contributed by atoms with van der Waals surface area (Å²) in [7, 11) is -8.63. The predicted molar refractivity (Wildman–Crippen MR) is 178 cm³/mol. The van der Waals surface area contributed by atoms with Crippen LogP contribution in [-0.4, -0.2) is 55.3 Å². The first kappa shape index (κ1) is 30.8. The van der Waals surface area contributed by atoms with Crippen LogP contribution in [0.15, 0.2) is 73.1 Å². The first-order chi connectivity index (χ1) is 17.9. The maximum Gasteiger partial charge on any atom is 0.296 e. The summed E-state index contributed by atoms with van der Waals surface area (Å²) in [6, 6.07) is 17.7. The van der Waals surface area contributed by atoms with E-state index < -0.39 is 49.7 Å². The zero-order valence-electron chi connectivity index (χ0n) is 25.7. The maximum absolute atomic E-state index is 7.52. The van der Waals surface area contributed by atoms with Crippen molar-refractivity contribution in [3.05, 3.63) is 84.2 Å². The molecule has 2 aliphatic heterocycles. The molecule has 2 heterocycles. The third kappa shape index (κ3) is 4.58. The van der Waals surface area contributed by atoms with E-state index in [4.69, 9.17) is 17.4 Å². The fourth-order valence-electron chi connectivity index (χ4n) is 5.36. The molecule has 0 saturated heterocycles. The normalized spacial score (nSPS) is 23.2. The Morgan fingerprint density at radius 2 is 1.33 bits per heavy atom. The topological polar surface area (TPSA) is 36.9 Å². The third-order valence-corrected chi connectivity index (χ3v) is 27.0. The van der Waals surface area contributed by atoms with Crippen LogP contribution in [0.2, 0.25) is 31.2 Å². The zero-order valence-corrected chi connectivity index (χ0v) is 31.6. The van der Waals surface area contributed by atoms with Gasteiger partial charge in [-0.1, -0.05) is 86.9 Å². The molecule has 0 N–H and O–H groups in total. The minimum Gasteiger partial charge on any atom is -0.437 e. The lowest BCUT2D eigenvalue weighted by atomic mass is 9.94. The first-order valence-electron chi connectivity index (χ1n) is 14.0. The molecule has 0 saturated carbocycles. The van der Waals surface area contributed by atoms with Gasteiger partial charge in [0.15, 0.2) is 18.1 Å². The van der Waals surface area contributed by atoms with Crippen LogP contribution < -0.4 is 10.4 Å². The lowest BCUT2D eigenvalue weighted by Gasteiger charge is -2.68. The molecule has 4 nitrogen and oxygen atoms in total. The molecule has 0 amide bonds. The third-order valence-electron chi connectivity index (χ3n) is 9.96. The summed E-state index contributed by atoms with van der Waals surface area (Å²) in [6.07, 6.45) is 0. The highest BCUT2D eigenvalue weighted by Crippen LogP contribution is 2.58. The predicted octanol–water partition coefficient (Wildman–Crippen LogP) is 4.66. The van der Waals surface area contributed by atoms with Gasteiger partial charge in [0, 0.05) is 10.3 Å². The molecule has 0 atom stereocenters. The summed E-state index contributed by atoms with van der Waals surface area (Å²) < 4.78 is 27.6. The van der Waals surface area contributed by atoms with Gasteiger partial charge < -0.3 is 17.4 Å². The van der Waals surface area contributed by atoms with Crippen molar-refractivity contribution in [3.8, 4) is 0 Å². The molecule has 212 valence electrons. The number of rotatable bonds is 13. The number of benzene rings is 2. The van der Waals surface area contributed by atoms with Gasteiger partial charge in [-0.25, -0.2) is 0 Å². The minimum absolute atomic E-state index is 0.127. The summed E-state index contributed by atoms with van der Waals surface area (Å²) in [5.41, 5.74) is 6.37. The van der Waals surface area contributed by atoms with E-state index in [0.29, 0.717) is 0 Å². The molecule has 2 aromatic carbocycles. The van der Waals surface area contributed by atoms with Gasteiger partial charge in [0.1, 0.15) is 13.3 Å².